The van der Waals surface area contributed by atoms with Gasteiger partial charge >= 0.3 is 0 Å². The van der Waals surface area contributed by atoms with Crippen LogP contribution in [-0.2, 0) is 6.42 Å². The van der Waals surface area contributed by atoms with Gasteiger partial charge in [-0.25, -0.2) is 4.98 Å². The highest BCUT2D eigenvalue weighted by Gasteiger charge is 2.29. The van der Waals surface area contributed by atoms with Gasteiger partial charge in [0.15, 0.2) is 0 Å². The topological polar surface area (TPSA) is 34.1 Å². The number of rotatable bonds is 4. The van der Waals surface area contributed by atoms with Crippen LogP contribution in [0.1, 0.15) is 25.3 Å². The van der Waals surface area contributed by atoms with E-state index in [-0.39, 0.29) is 0 Å². The summed E-state index contributed by atoms with van der Waals surface area (Å²) in [4.78, 5) is 4.28. The Morgan fingerprint density at radius 1 is 1.47 bits per heavy atom. The van der Waals surface area contributed by atoms with E-state index in [0.717, 1.165) is 25.1 Å². The molecule has 1 fully saturated rings. The lowest BCUT2D eigenvalue weighted by Gasteiger charge is -2.34. The van der Waals surface area contributed by atoms with Gasteiger partial charge in [0, 0.05) is 18.3 Å². The van der Waals surface area contributed by atoms with Gasteiger partial charge in [-0.05, 0) is 31.9 Å². The van der Waals surface area contributed by atoms with Crippen molar-refractivity contribution in [3.05, 3.63) is 23.9 Å². The summed E-state index contributed by atoms with van der Waals surface area (Å²) in [5.41, 5.74) is 1.25. The molecule has 0 aromatic carbocycles. The van der Waals surface area contributed by atoms with Gasteiger partial charge in [0.2, 0.25) is 5.88 Å². The van der Waals surface area contributed by atoms with Gasteiger partial charge in [-0.3, -0.25) is 0 Å². The molecule has 1 aromatic heterocycles. The van der Waals surface area contributed by atoms with E-state index in [9.17, 15) is 0 Å². The number of nitrogens with zero attached hydrogens (tertiary/aromatic N) is 1. The molecule has 1 heterocycles. The molecular formula is C12H18N2O. The lowest BCUT2D eigenvalue weighted by atomic mass is 9.89. The minimum Gasteiger partial charge on any atom is -0.474 e. The second-order valence-electron chi connectivity index (χ2n) is 4.06. The molecule has 1 aromatic rings. The van der Waals surface area contributed by atoms with Crippen LogP contribution in [0.4, 0.5) is 0 Å². The Labute approximate surface area is 90.9 Å². The fourth-order valence-electron chi connectivity index (χ4n) is 1.76. The predicted octanol–water partition coefficient (Wildman–Crippen LogP) is 1.77. The zero-order valence-electron chi connectivity index (χ0n) is 9.36. The Balaban J connectivity index is 1.84. The van der Waals surface area contributed by atoms with Crippen LogP contribution in [0.5, 0.6) is 5.88 Å². The van der Waals surface area contributed by atoms with Crippen LogP contribution in [0.2, 0.25) is 0 Å². The van der Waals surface area contributed by atoms with Crippen molar-refractivity contribution < 1.29 is 4.74 Å². The summed E-state index contributed by atoms with van der Waals surface area (Å²) in [5.74, 6) is 0.756. The number of hydrogen-bond acceptors (Lipinski definition) is 3. The van der Waals surface area contributed by atoms with Crippen LogP contribution in [0, 0.1) is 0 Å². The summed E-state index contributed by atoms with van der Waals surface area (Å²) >= 11 is 0. The van der Waals surface area contributed by atoms with Crippen LogP contribution >= 0.6 is 0 Å². The lowest BCUT2D eigenvalue weighted by Crippen LogP contribution is -2.45. The van der Waals surface area contributed by atoms with E-state index in [2.05, 4.69) is 23.3 Å². The summed E-state index contributed by atoms with van der Waals surface area (Å²) in [6, 6.07) is 4.67. The normalized spacial score (nSPS) is 24.7. The second kappa shape index (κ2) is 4.62. The molecule has 2 rings (SSSR count). The zero-order chi connectivity index (χ0) is 10.7. The Kier molecular flexibility index (Phi) is 3.21. The molecule has 0 unspecified atom stereocenters. The Morgan fingerprint density at radius 2 is 2.27 bits per heavy atom. The molecule has 0 aliphatic heterocycles. The lowest BCUT2D eigenvalue weighted by molar-refractivity contribution is 0.0839. The summed E-state index contributed by atoms with van der Waals surface area (Å²) < 4.78 is 5.73. The van der Waals surface area contributed by atoms with E-state index in [1.54, 1.807) is 0 Å². The molecule has 1 saturated carbocycles. The van der Waals surface area contributed by atoms with Crippen LogP contribution in [0.15, 0.2) is 18.3 Å². The standard InChI is InChI=1S/C12H18N2O/c1-3-9-4-5-12(14-8-9)15-11-6-10(7-11)13-2/h4-5,8,10-11,13H,3,6-7H2,1-2H3/t10-,11-. The van der Waals surface area contributed by atoms with E-state index in [1.807, 2.05) is 19.3 Å². The van der Waals surface area contributed by atoms with E-state index in [1.165, 1.54) is 5.56 Å². The minimum absolute atomic E-state index is 0.349. The van der Waals surface area contributed by atoms with Crippen molar-refractivity contribution in [1.29, 1.82) is 0 Å². The van der Waals surface area contributed by atoms with Crippen LogP contribution in [-0.4, -0.2) is 24.2 Å². The van der Waals surface area contributed by atoms with Crippen molar-refractivity contribution in [3.63, 3.8) is 0 Å². The first kappa shape index (κ1) is 10.4. The molecule has 0 amide bonds. The average molecular weight is 206 g/mol. The molecule has 1 aliphatic rings. The Morgan fingerprint density at radius 3 is 2.80 bits per heavy atom. The van der Waals surface area contributed by atoms with Gasteiger partial charge in [-0.2, -0.15) is 0 Å². The second-order valence-corrected chi connectivity index (χ2v) is 4.06. The fourth-order valence-corrected chi connectivity index (χ4v) is 1.76. The molecule has 0 atom stereocenters. The largest absolute Gasteiger partial charge is 0.474 e. The molecule has 3 nitrogen and oxygen atoms in total. The highest BCUT2D eigenvalue weighted by molar-refractivity contribution is 5.18. The van der Waals surface area contributed by atoms with Crippen molar-refractivity contribution in [2.24, 2.45) is 0 Å². The molecule has 1 aliphatic carbocycles. The third-order valence-electron chi connectivity index (χ3n) is 3.00. The first-order valence-electron chi connectivity index (χ1n) is 5.60. The number of pyridine rings is 1. The quantitative estimate of drug-likeness (QED) is 0.815. The number of aryl methyl sites for hydroxylation is 1. The molecule has 0 saturated heterocycles. The van der Waals surface area contributed by atoms with Crippen LogP contribution < -0.4 is 10.1 Å². The van der Waals surface area contributed by atoms with Crippen molar-refractivity contribution in [1.82, 2.24) is 10.3 Å². The smallest absolute Gasteiger partial charge is 0.213 e. The third kappa shape index (κ3) is 2.48. The number of hydrogen-bond donors (Lipinski definition) is 1. The van der Waals surface area contributed by atoms with E-state index < -0.39 is 0 Å². The van der Waals surface area contributed by atoms with E-state index in [0.29, 0.717) is 12.1 Å². The van der Waals surface area contributed by atoms with Gasteiger partial charge in [0.1, 0.15) is 6.10 Å². The van der Waals surface area contributed by atoms with Gasteiger partial charge in [0.25, 0.3) is 0 Å². The van der Waals surface area contributed by atoms with Gasteiger partial charge in [-0.1, -0.05) is 13.0 Å². The number of nitrogens with one attached hydrogen (secondary N) is 1. The molecule has 0 bridgehead atoms. The summed E-state index contributed by atoms with van der Waals surface area (Å²) in [7, 11) is 2.00. The Bertz CT molecular complexity index is 304. The van der Waals surface area contributed by atoms with Crippen LogP contribution in [0.25, 0.3) is 0 Å². The Hall–Kier alpha value is -1.09. The first-order valence-corrected chi connectivity index (χ1v) is 5.60. The first-order chi connectivity index (χ1) is 7.31. The summed E-state index contributed by atoms with van der Waals surface area (Å²) in [6.07, 6.45) is 5.45. The maximum absolute atomic E-state index is 5.73. The number of aromatic nitrogens is 1. The molecule has 3 heteroatoms. The highest BCUT2D eigenvalue weighted by Crippen LogP contribution is 2.24. The average Bonchev–Trinajstić information content (AvgIpc) is 2.23. The van der Waals surface area contributed by atoms with Crippen molar-refractivity contribution >= 4 is 0 Å². The predicted molar refractivity (Wildman–Crippen MR) is 60.1 cm³/mol. The molecule has 15 heavy (non-hydrogen) atoms. The van der Waals surface area contributed by atoms with Crippen molar-refractivity contribution in [2.75, 3.05) is 7.05 Å². The molecule has 1 N–H and O–H groups in total. The monoisotopic (exact) mass is 206 g/mol. The number of ether oxygens (including phenoxy) is 1. The van der Waals surface area contributed by atoms with Gasteiger partial charge in [0.05, 0.1) is 0 Å². The van der Waals surface area contributed by atoms with Gasteiger partial charge in [-0.15, -0.1) is 0 Å². The highest BCUT2D eigenvalue weighted by atomic mass is 16.5. The van der Waals surface area contributed by atoms with E-state index in [4.69, 9.17) is 4.74 Å². The minimum atomic E-state index is 0.349. The maximum atomic E-state index is 5.73. The molecule has 0 spiro atoms. The van der Waals surface area contributed by atoms with Crippen LogP contribution in [0.3, 0.4) is 0 Å². The van der Waals surface area contributed by atoms with E-state index >= 15 is 0 Å². The fraction of sp³-hybridized carbons (Fsp3) is 0.583. The van der Waals surface area contributed by atoms with Crippen molar-refractivity contribution in [2.45, 2.75) is 38.3 Å². The summed E-state index contributed by atoms with van der Waals surface area (Å²) in [6.45, 7) is 2.13. The SMILES string of the molecule is CCc1ccc(O[C@H]2C[C@H](NC)C2)nc1. The molecule has 82 valence electrons. The summed E-state index contributed by atoms with van der Waals surface area (Å²) in [5, 5.41) is 3.23. The zero-order valence-corrected chi connectivity index (χ0v) is 9.36. The van der Waals surface area contributed by atoms with Crippen molar-refractivity contribution in [3.8, 4) is 5.88 Å². The third-order valence-corrected chi connectivity index (χ3v) is 3.00. The molecule has 0 radical (unpaired) electrons. The molecular weight excluding hydrogens is 188 g/mol. The maximum Gasteiger partial charge on any atom is 0.213 e. The van der Waals surface area contributed by atoms with Gasteiger partial charge < -0.3 is 10.1 Å².